The molecule has 2 unspecified atom stereocenters. The largest absolute Gasteiger partial charge is 0.319 e. The zero-order valence-corrected chi connectivity index (χ0v) is 13.1. The Hall–Kier alpha value is -1.46. The van der Waals surface area contributed by atoms with Crippen LogP contribution >= 0.6 is 0 Å². The molecule has 0 bridgehead atoms. The van der Waals surface area contributed by atoms with Gasteiger partial charge in [-0.3, -0.25) is 15.0 Å². The van der Waals surface area contributed by atoms with Gasteiger partial charge in [0.25, 0.3) is 5.69 Å². The van der Waals surface area contributed by atoms with E-state index >= 15 is 0 Å². The molecule has 5 heteroatoms. The Labute approximate surface area is 126 Å². The molecule has 2 atom stereocenters. The maximum absolute atomic E-state index is 10.8. The summed E-state index contributed by atoms with van der Waals surface area (Å²) >= 11 is 0. The Balaban J connectivity index is 2.30. The Bertz CT molecular complexity index is 471. The van der Waals surface area contributed by atoms with Gasteiger partial charge in [0.2, 0.25) is 0 Å². The smallest absolute Gasteiger partial charge is 0.269 e. The van der Waals surface area contributed by atoms with Crippen molar-refractivity contribution in [2.45, 2.75) is 38.8 Å². The number of hydrogen-bond donors (Lipinski definition) is 1. The number of nitrogens with zero attached hydrogens (tertiary/aromatic N) is 2. The van der Waals surface area contributed by atoms with Gasteiger partial charge in [0.1, 0.15) is 0 Å². The molecule has 0 aliphatic carbocycles. The molecular weight excluding hydrogens is 266 g/mol. The van der Waals surface area contributed by atoms with Crippen molar-refractivity contribution >= 4 is 5.69 Å². The lowest BCUT2D eigenvalue weighted by atomic mass is 9.83. The highest BCUT2D eigenvalue weighted by molar-refractivity contribution is 5.34. The lowest BCUT2D eigenvalue weighted by Crippen LogP contribution is -2.45. The number of nitrogens with one attached hydrogen (secondary N) is 1. The van der Waals surface area contributed by atoms with Crippen molar-refractivity contribution in [2.75, 3.05) is 20.1 Å². The predicted octanol–water partition coefficient (Wildman–Crippen LogP) is 2.98. The van der Waals surface area contributed by atoms with Gasteiger partial charge in [-0.1, -0.05) is 12.1 Å². The van der Waals surface area contributed by atoms with Gasteiger partial charge in [-0.25, -0.2) is 0 Å². The van der Waals surface area contributed by atoms with Gasteiger partial charge in [0, 0.05) is 24.2 Å². The van der Waals surface area contributed by atoms with Crippen molar-refractivity contribution < 1.29 is 4.92 Å². The van der Waals surface area contributed by atoms with E-state index in [1.807, 2.05) is 19.2 Å². The van der Waals surface area contributed by atoms with Crippen LogP contribution in [0.2, 0.25) is 0 Å². The van der Waals surface area contributed by atoms with E-state index in [4.69, 9.17) is 0 Å². The minimum absolute atomic E-state index is 0.163. The first kappa shape index (κ1) is 15.9. The number of hydrogen-bond acceptors (Lipinski definition) is 4. The fourth-order valence-corrected chi connectivity index (χ4v) is 3.42. The molecule has 1 aromatic rings. The Morgan fingerprint density at radius 2 is 2.05 bits per heavy atom. The fourth-order valence-electron chi connectivity index (χ4n) is 3.42. The number of nitro benzene ring substituents is 1. The molecular formula is C16H25N3O2. The zero-order chi connectivity index (χ0) is 15.4. The van der Waals surface area contributed by atoms with Gasteiger partial charge in [0.15, 0.2) is 0 Å². The van der Waals surface area contributed by atoms with E-state index < -0.39 is 0 Å². The molecule has 116 valence electrons. The van der Waals surface area contributed by atoms with E-state index in [-0.39, 0.29) is 10.6 Å². The van der Waals surface area contributed by atoms with Gasteiger partial charge in [-0.15, -0.1) is 0 Å². The second kappa shape index (κ2) is 7.00. The van der Waals surface area contributed by atoms with E-state index in [1.165, 1.54) is 18.4 Å². The summed E-state index contributed by atoms with van der Waals surface area (Å²) in [6.07, 6.45) is 2.42. The molecule has 1 aliphatic rings. The van der Waals surface area contributed by atoms with Crippen molar-refractivity contribution in [3.63, 3.8) is 0 Å². The standard InChI is InChI=1S/C16H25N3O2/c1-12(2)18-10-4-5-14(11-17-3)16(18)13-6-8-15(9-7-13)19(20)21/h6-9,12,14,16-17H,4-5,10-11H2,1-3H3. The third-order valence-electron chi connectivity index (χ3n) is 4.37. The monoisotopic (exact) mass is 291 g/mol. The minimum Gasteiger partial charge on any atom is -0.319 e. The summed E-state index contributed by atoms with van der Waals surface area (Å²) in [5, 5.41) is 14.1. The number of non-ortho nitro benzene ring substituents is 1. The minimum atomic E-state index is -0.337. The van der Waals surface area contributed by atoms with Gasteiger partial charge < -0.3 is 5.32 Å². The first-order valence-corrected chi connectivity index (χ1v) is 7.69. The summed E-state index contributed by atoms with van der Waals surface area (Å²) in [5.41, 5.74) is 1.35. The number of rotatable bonds is 5. The molecule has 0 radical (unpaired) electrons. The lowest BCUT2D eigenvalue weighted by Gasteiger charge is -2.44. The highest BCUT2D eigenvalue weighted by Crippen LogP contribution is 2.37. The molecule has 1 heterocycles. The summed E-state index contributed by atoms with van der Waals surface area (Å²) in [6.45, 7) is 6.52. The van der Waals surface area contributed by atoms with Crippen LogP contribution in [0.3, 0.4) is 0 Å². The van der Waals surface area contributed by atoms with Crippen LogP contribution in [0.15, 0.2) is 24.3 Å². The van der Waals surface area contributed by atoms with E-state index in [2.05, 4.69) is 24.1 Å². The number of nitro groups is 1. The summed E-state index contributed by atoms with van der Waals surface area (Å²) in [5.74, 6) is 0.549. The van der Waals surface area contributed by atoms with E-state index in [0.717, 1.165) is 13.1 Å². The average molecular weight is 291 g/mol. The zero-order valence-electron chi connectivity index (χ0n) is 13.1. The Morgan fingerprint density at radius 3 is 2.57 bits per heavy atom. The van der Waals surface area contributed by atoms with Crippen molar-refractivity contribution in [1.29, 1.82) is 0 Å². The summed E-state index contributed by atoms with van der Waals surface area (Å²) in [6, 6.07) is 7.91. The van der Waals surface area contributed by atoms with Gasteiger partial charge in [-0.05, 0) is 58.3 Å². The maximum atomic E-state index is 10.8. The first-order valence-electron chi connectivity index (χ1n) is 7.69. The highest BCUT2D eigenvalue weighted by atomic mass is 16.6. The molecule has 0 amide bonds. The summed E-state index contributed by atoms with van der Waals surface area (Å²) in [7, 11) is 1.99. The SMILES string of the molecule is CNCC1CCCN(C(C)C)C1c1ccc([N+](=O)[O-])cc1. The van der Waals surface area contributed by atoms with Gasteiger partial charge in [-0.2, -0.15) is 0 Å². The quantitative estimate of drug-likeness (QED) is 0.669. The van der Waals surface area contributed by atoms with Crippen molar-refractivity contribution in [1.82, 2.24) is 10.2 Å². The second-order valence-electron chi connectivity index (χ2n) is 6.09. The lowest BCUT2D eigenvalue weighted by molar-refractivity contribution is -0.384. The molecule has 5 nitrogen and oxygen atoms in total. The van der Waals surface area contributed by atoms with Crippen LogP contribution in [0.4, 0.5) is 5.69 Å². The van der Waals surface area contributed by atoms with Crippen LogP contribution in [0.25, 0.3) is 0 Å². The van der Waals surface area contributed by atoms with Crippen LogP contribution in [-0.4, -0.2) is 36.0 Å². The first-order chi connectivity index (χ1) is 10.0. The molecule has 1 saturated heterocycles. The normalized spacial score (nSPS) is 23.4. The third-order valence-corrected chi connectivity index (χ3v) is 4.37. The van der Waals surface area contributed by atoms with Crippen LogP contribution < -0.4 is 5.32 Å². The molecule has 1 aromatic carbocycles. The molecule has 0 aromatic heterocycles. The molecule has 1 N–H and O–H groups in total. The van der Waals surface area contributed by atoms with Crippen LogP contribution in [0.5, 0.6) is 0 Å². The van der Waals surface area contributed by atoms with E-state index in [1.54, 1.807) is 12.1 Å². The van der Waals surface area contributed by atoms with Crippen LogP contribution in [-0.2, 0) is 0 Å². The van der Waals surface area contributed by atoms with Crippen LogP contribution in [0, 0.1) is 16.0 Å². The highest BCUT2D eigenvalue weighted by Gasteiger charge is 2.33. The summed E-state index contributed by atoms with van der Waals surface area (Å²) < 4.78 is 0. The van der Waals surface area contributed by atoms with E-state index in [9.17, 15) is 10.1 Å². The Kier molecular flexibility index (Phi) is 5.31. The van der Waals surface area contributed by atoms with Crippen molar-refractivity contribution in [2.24, 2.45) is 5.92 Å². The molecule has 1 fully saturated rings. The van der Waals surface area contributed by atoms with Gasteiger partial charge in [0.05, 0.1) is 4.92 Å². The summed E-state index contributed by atoms with van der Waals surface area (Å²) in [4.78, 5) is 13.0. The molecule has 1 aliphatic heterocycles. The van der Waals surface area contributed by atoms with Crippen LogP contribution in [0.1, 0.15) is 38.3 Å². The second-order valence-corrected chi connectivity index (χ2v) is 6.09. The van der Waals surface area contributed by atoms with Crippen molar-refractivity contribution in [3.8, 4) is 0 Å². The molecule has 0 saturated carbocycles. The predicted molar refractivity (Wildman–Crippen MR) is 84.3 cm³/mol. The molecule has 21 heavy (non-hydrogen) atoms. The Morgan fingerprint density at radius 1 is 1.38 bits per heavy atom. The maximum Gasteiger partial charge on any atom is 0.269 e. The molecule has 0 spiro atoms. The topological polar surface area (TPSA) is 58.4 Å². The van der Waals surface area contributed by atoms with E-state index in [0.29, 0.717) is 18.0 Å². The molecule has 2 rings (SSSR count). The number of benzene rings is 1. The van der Waals surface area contributed by atoms with Gasteiger partial charge >= 0.3 is 0 Å². The fraction of sp³-hybridized carbons (Fsp3) is 0.625. The number of piperidine rings is 1. The average Bonchev–Trinajstić information content (AvgIpc) is 2.47. The third kappa shape index (κ3) is 3.60. The number of likely N-dealkylation sites (tertiary alicyclic amines) is 1. The van der Waals surface area contributed by atoms with Crippen molar-refractivity contribution in [3.05, 3.63) is 39.9 Å².